The van der Waals surface area contributed by atoms with Crippen LogP contribution in [0, 0.1) is 0 Å². The van der Waals surface area contributed by atoms with E-state index in [2.05, 4.69) is 4.90 Å². The minimum Gasteiger partial charge on any atom is -0.493 e. The highest BCUT2D eigenvalue weighted by Gasteiger charge is 2.45. The highest BCUT2D eigenvalue weighted by Crippen LogP contribution is 2.44. The number of aliphatic hydroxyl groups is 4. The molecule has 0 saturated carbocycles. The average Bonchev–Trinajstić information content (AvgIpc) is 3.21. The number of rotatable bonds is 15. The zero-order valence-electron chi connectivity index (χ0n) is 32.4. The standard InChI is InChI=1S/C38H45N2O18P/c1-50-24-7-5-20(13-27(24)54-19-31(43)40-11-9-39(10-12-40)17-21-6-8-25(51-2)37(53-4)36(21)52-3)26-16-23(42)32-28(56-26)14-22(15-29(32)58-59(47,48)49)55-38-35(46)34(45)33(44)30(18-41)57-38/h5-8,13-16,30,33-35,38,41,44-46H,9-12,17-19H2,1-4H3,(H2,47,48,49)/t30-,33-,34+,35-,38?/m1/s1. The van der Waals surface area contributed by atoms with E-state index in [4.69, 9.17) is 42.1 Å². The molecule has 320 valence electrons. The van der Waals surface area contributed by atoms with Gasteiger partial charge in [0.25, 0.3) is 5.91 Å². The molecule has 0 radical (unpaired) electrons. The highest BCUT2D eigenvalue weighted by molar-refractivity contribution is 7.46. The third-order valence-corrected chi connectivity index (χ3v) is 10.2. The maximum Gasteiger partial charge on any atom is 0.524 e. The van der Waals surface area contributed by atoms with E-state index in [0.717, 1.165) is 23.8 Å². The van der Waals surface area contributed by atoms with Crippen LogP contribution in [0.25, 0.3) is 22.3 Å². The van der Waals surface area contributed by atoms with Gasteiger partial charge in [-0.15, -0.1) is 0 Å². The fraction of sp³-hybridized carbons (Fsp3) is 0.421. The van der Waals surface area contributed by atoms with Crippen LogP contribution in [0.1, 0.15) is 5.56 Å². The Balaban J connectivity index is 1.19. The smallest absolute Gasteiger partial charge is 0.493 e. The number of amides is 1. The van der Waals surface area contributed by atoms with Crippen LogP contribution in [0.3, 0.4) is 0 Å². The monoisotopic (exact) mass is 848 g/mol. The molecule has 21 heteroatoms. The van der Waals surface area contributed by atoms with Crippen molar-refractivity contribution < 1.29 is 81.7 Å². The predicted octanol–water partition coefficient (Wildman–Crippen LogP) is 0.868. The largest absolute Gasteiger partial charge is 0.524 e. The Labute approximate surface area is 336 Å². The first-order chi connectivity index (χ1) is 28.2. The number of carbonyl (C=O) groups is 1. The number of hydrogen-bond donors (Lipinski definition) is 6. The number of fused-ring (bicyclic) bond motifs is 1. The number of nitrogens with zero attached hydrogens (tertiary/aromatic N) is 2. The van der Waals surface area contributed by atoms with Gasteiger partial charge in [0.15, 0.2) is 35.0 Å². The van der Waals surface area contributed by atoms with Crippen LogP contribution in [0.5, 0.6) is 40.2 Å². The molecular weight excluding hydrogens is 803 g/mol. The van der Waals surface area contributed by atoms with Crippen molar-refractivity contribution in [2.75, 3.05) is 67.8 Å². The summed E-state index contributed by atoms with van der Waals surface area (Å²) in [6.45, 7) is 1.51. The maximum atomic E-state index is 13.5. The number of carbonyl (C=O) groups excluding carboxylic acids is 1. The summed E-state index contributed by atoms with van der Waals surface area (Å²) in [6.07, 6.45) is -8.32. The van der Waals surface area contributed by atoms with Gasteiger partial charge in [0.1, 0.15) is 52.6 Å². The molecule has 2 saturated heterocycles. The molecule has 5 atom stereocenters. The minimum absolute atomic E-state index is 0.0457. The number of phosphoric acid groups is 1. The zero-order chi connectivity index (χ0) is 42.6. The van der Waals surface area contributed by atoms with Gasteiger partial charge in [-0.05, 0) is 24.3 Å². The van der Waals surface area contributed by atoms with E-state index in [1.54, 1.807) is 32.3 Å². The van der Waals surface area contributed by atoms with Crippen molar-refractivity contribution in [3.05, 3.63) is 64.3 Å². The quantitative estimate of drug-likeness (QED) is 0.0906. The summed E-state index contributed by atoms with van der Waals surface area (Å²) in [6, 6.07) is 11.4. The highest BCUT2D eigenvalue weighted by atomic mass is 31.2. The fourth-order valence-electron chi connectivity index (χ4n) is 6.80. The summed E-state index contributed by atoms with van der Waals surface area (Å²) in [4.78, 5) is 49.9. The van der Waals surface area contributed by atoms with Gasteiger partial charge in [-0.3, -0.25) is 24.3 Å². The lowest BCUT2D eigenvalue weighted by Gasteiger charge is -2.39. The second-order valence-electron chi connectivity index (χ2n) is 13.5. The fourth-order valence-corrected chi connectivity index (χ4v) is 7.20. The average molecular weight is 849 g/mol. The molecule has 1 unspecified atom stereocenters. The van der Waals surface area contributed by atoms with E-state index in [9.17, 15) is 44.4 Å². The Morgan fingerprint density at radius 3 is 2.15 bits per heavy atom. The molecule has 3 heterocycles. The molecule has 6 N–H and O–H groups in total. The number of phosphoric ester groups is 1. The lowest BCUT2D eigenvalue weighted by atomic mass is 9.99. The van der Waals surface area contributed by atoms with Crippen LogP contribution < -0.4 is 38.4 Å². The summed E-state index contributed by atoms with van der Waals surface area (Å²) in [7, 11) is 0.806. The topological polar surface area (TPSA) is 266 Å². The molecule has 20 nitrogen and oxygen atoms in total. The lowest BCUT2D eigenvalue weighted by Crippen LogP contribution is -2.60. The van der Waals surface area contributed by atoms with Gasteiger partial charge >= 0.3 is 7.82 Å². The first-order valence-electron chi connectivity index (χ1n) is 18.1. The van der Waals surface area contributed by atoms with Gasteiger partial charge in [0, 0.05) is 62.0 Å². The summed E-state index contributed by atoms with van der Waals surface area (Å²) in [5, 5.41) is 40.0. The van der Waals surface area contributed by atoms with Crippen molar-refractivity contribution in [2.24, 2.45) is 0 Å². The van der Waals surface area contributed by atoms with Gasteiger partial charge < -0.3 is 67.4 Å². The van der Waals surface area contributed by atoms with Crippen molar-refractivity contribution in [1.82, 2.24) is 9.80 Å². The molecule has 2 aliphatic heterocycles. The van der Waals surface area contributed by atoms with Crippen molar-refractivity contribution in [3.63, 3.8) is 0 Å². The molecular formula is C38H45N2O18P. The second kappa shape index (κ2) is 18.4. The number of ether oxygens (including phenoxy) is 7. The Morgan fingerprint density at radius 1 is 0.814 bits per heavy atom. The van der Waals surface area contributed by atoms with E-state index < -0.39 is 56.3 Å². The second-order valence-corrected chi connectivity index (χ2v) is 14.6. The van der Waals surface area contributed by atoms with E-state index in [-0.39, 0.29) is 52.1 Å². The van der Waals surface area contributed by atoms with Crippen LogP contribution in [-0.2, 0) is 20.6 Å². The molecule has 1 aromatic heterocycles. The van der Waals surface area contributed by atoms with E-state index in [0.29, 0.717) is 50.0 Å². The molecule has 0 spiro atoms. The van der Waals surface area contributed by atoms with Crippen molar-refractivity contribution in [2.45, 2.75) is 37.3 Å². The molecule has 0 bridgehead atoms. The first kappa shape index (κ1) is 43.4. The van der Waals surface area contributed by atoms with Gasteiger partial charge in [-0.25, -0.2) is 4.57 Å². The van der Waals surface area contributed by atoms with Crippen molar-refractivity contribution in [1.29, 1.82) is 0 Å². The van der Waals surface area contributed by atoms with Gasteiger partial charge in [0.2, 0.25) is 12.0 Å². The Bertz CT molecular complexity index is 2240. The van der Waals surface area contributed by atoms with Crippen LogP contribution in [0.15, 0.2) is 57.7 Å². The van der Waals surface area contributed by atoms with E-state index >= 15 is 0 Å². The van der Waals surface area contributed by atoms with Crippen LogP contribution >= 0.6 is 7.82 Å². The zero-order valence-corrected chi connectivity index (χ0v) is 33.3. The minimum atomic E-state index is -5.26. The molecule has 0 aliphatic carbocycles. The summed E-state index contributed by atoms with van der Waals surface area (Å²) in [5.74, 6) is 0.765. The van der Waals surface area contributed by atoms with E-state index in [1.807, 2.05) is 12.1 Å². The van der Waals surface area contributed by atoms with Gasteiger partial charge in [-0.2, -0.15) is 0 Å². The Morgan fingerprint density at radius 2 is 1.51 bits per heavy atom. The molecule has 6 rings (SSSR count). The van der Waals surface area contributed by atoms with Crippen LogP contribution in [-0.4, -0.2) is 144 Å². The molecule has 2 fully saturated rings. The third kappa shape index (κ3) is 9.67. The summed E-state index contributed by atoms with van der Waals surface area (Å²) >= 11 is 0. The SMILES string of the molecule is COc1ccc(-c2cc(=O)c3c(OP(=O)(O)O)cc(OC4O[C@H](CO)[C@@H](O)[C@H](O)[C@H]4O)cc3o2)cc1OCC(=O)N1CCN(Cc2ccc(OC)c(OC)c2OC)CC1. The Kier molecular flexibility index (Phi) is 13.6. The van der Waals surface area contributed by atoms with Gasteiger partial charge in [0.05, 0.1) is 35.0 Å². The van der Waals surface area contributed by atoms with Crippen LogP contribution in [0.4, 0.5) is 0 Å². The number of piperazine rings is 1. The molecule has 59 heavy (non-hydrogen) atoms. The van der Waals surface area contributed by atoms with E-state index in [1.165, 1.54) is 19.2 Å². The maximum absolute atomic E-state index is 13.5. The summed E-state index contributed by atoms with van der Waals surface area (Å²) in [5.41, 5.74) is 0.125. The predicted molar refractivity (Wildman–Crippen MR) is 205 cm³/mol. The number of methoxy groups -OCH3 is 4. The molecule has 2 aliphatic rings. The molecule has 3 aromatic carbocycles. The van der Waals surface area contributed by atoms with Gasteiger partial charge in [-0.1, -0.05) is 6.07 Å². The third-order valence-electron chi connectivity index (χ3n) is 9.79. The number of aliphatic hydroxyl groups excluding tert-OH is 4. The lowest BCUT2D eigenvalue weighted by molar-refractivity contribution is -0.277. The van der Waals surface area contributed by atoms with Crippen molar-refractivity contribution >= 4 is 24.7 Å². The van der Waals surface area contributed by atoms with Crippen LogP contribution in [0.2, 0.25) is 0 Å². The molecule has 1 amide bonds. The first-order valence-corrected chi connectivity index (χ1v) is 19.6. The normalized spacial score (nSPS) is 21.2. The van der Waals surface area contributed by atoms with Crippen molar-refractivity contribution in [3.8, 4) is 51.6 Å². The number of hydrogen-bond acceptors (Lipinski definition) is 17. The number of benzene rings is 3. The summed E-state index contributed by atoms with van der Waals surface area (Å²) < 4.78 is 61.6. The molecule has 4 aromatic rings. The Hall–Kier alpha value is -5.15.